The van der Waals surface area contributed by atoms with Crippen LogP contribution in [-0.4, -0.2) is 27.4 Å². The van der Waals surface area contributed by atoms with E-state index in [1.807, 2.05) is 0 Å². The summed E-state index contributed by atoms with van der Waals surface area (Å²) in [4.78, 5) is 4.82. The van der Waals surface area contributed by atoms with Crippen molar-refractivity contribution in [1.82, 2.24) is 5.48 Å². The highest BCUT2D eigenvalue weighted by molar-refractivity contribution is 6.33. The molecule has 5 nitrogen and oxygen atoms in total. The van der Waals surface area contributed by atoms with Gasteiger partial charge in [0.2, 0.25) is 0 Å². The molecule has 0 fully saturated rings. The number of nitrogens with one attached hydrogen (secondary N) is 1. The largest absolute Gasteiger partial charge is 0.495 e. The number of methoxy groups -OCH3 is 1. The standard InChI is InChI=1S/C11H14ClNO4/c1-14-8-5-9-11(17-4-3-16-9)7(10(8)12)6-13-15-2/h5,13H,3-4,6H2,1-2H3. The lowest BCUT2D eigenvalue weighted by atomic mass is 10.1. The number of hydrogen-bond donors (Lipinski definition) is 1. The lowest BCUT2D eigenvalue weighted by Crippen LogP contribution is -2.19. The van der Waals surface area contributed by atoms with Crippen LogP contribution in [0.25, 0.3) is 0 Å². The first kappa shape index (κ1) is 12.3. The fourth-order valence-electron chi connectivity index (χ4n) is 1.66. The molecule has 1 N–H and O–H groups in total. The van der Waals surface area contributed by atoms with Crippen molar-refractivity contribution in [2.75, 3.05) is 27.4 Å². The quantitative estimate of drug-likeness (QED) is 0.835. The molecule has 1 aliphatic rings. The summed E-state index contributed by atoms with van der Waals surface area (Å²) in [7, 11) is 3.10. The number of rotatable bonds is 4. The minimum Gasteiger partial charge on any atom is -0.495 e. The normalized spacial score (nSPS) is 13.6. The van der Waals surface area contributed by atoms with Crippen molar-refractivity contribution in [1.29, 1.82) is 0 Å². The van der Waals surface area contributed by atoms with E-state index in [1.54, 1.807) is 13.2 Å². The molecule has 1 aromatic carbocycles. The van der Waals surface area contributed by atoms with E-state index >= 15 is 0 Å². The van der Waals surface area contributed by atoms with E-state index in [2.05, 4.69) is 5.48 Å². The summed E-state index contributed by atoms with van der Waals surface area (Å²) in [6, 6.07) is 1.73. The van der Waals surface area contributed by atoms with E-state index in [0.717, 1.165) is 5.56 Å². The molecule has 0 aliphatic carbocycles. The zero-order valence-electron chi connectivity index (χ0n) is 9.71. The molecule has 0 bridgehead atoms. The molecule has 0 unspecified atom stereocenters. The Labute approximate surface area is 105 Å². The molecule has 2 rings (SSSR count). The van der Waals surface area contributed by atoms with Gasteiger partial charge in [0.1, 0.15) is 19.0 Å². The smallest absolute Gasteiger partial charge is 0.167 e. The van der Waals surface area contributed by atoms with Crippen LogP contribution in [-0.2, 0) is 11.4 Å². The van der Waals surface area contributed by atoms with Crippen LogP contribution in [0.4, 0.5) is 0 Å². The zero-order valence-corrected chi connectivity index (χ0v) is 10.5. The SMILES string of the molecule is CONCc1c(Cl)c(OC)cc2c1OCCO2. The summed E-state index contributed by atoms with van der Waals surface area (Å²) < 4.78 is 16.3. The van der Waals surface area contributed by atoms with Gasteiger partial charge in [0, 0.05) is 11.6 Å². The summed E-state index contributed by atoms with van der Waals surface area (Å²) in [5.74, 6) is 1.85. The summed E-state index contributed by atoms with van der Waals surface area (Å²) >= 11 is 6.23. The molecular formula is C11H14ClNO4. The van der Waals surface area contributed by atoms with Crippen LogP contribution in [0, 0.1) is 0 Å². The molecular weight excluding hydrogens is 246 g/mol. The van der Waals surface area contributed by atoms with Gasteiger partial charge in [-0.1, -0.05) is 11.6 Å². The number of ether oxygens (including phenoxy) is 3. The molecule has 94 valence electrons. The van der Waals surface area contributed by atoms with Crippen LogP contribution in [0.1, 0.15) is 5.56 Å². The van der Waals surface area contributed by atoms with Crippen molar-refractivity contribution < 1.29 is 19.0 Å². The number of hydroxylamine groups is 1. The summed E-state index contributed by atoms with van der Waals surface area (Å²) in [5.41, 5.74) is 3.50. The van der Waals surface area contributed by atoms with Crippen LogP contribution in [0.15, 0.2) is 6.07 Å². The third-order valence-electron chi connectivity index (χ3n) is 2.44. The van der Waals surface area contributed by atoms with E-state index in [1.165, 1.54) is 7.11 Å². The third-order valence-corrected chi connectivity index (χ3v) is 2.86. The average molecular weight is 260 g/mol. The molecule has 6 heteroatoms. The number of hydrogen-bond acceptors (Lipinski definition) is 5. The predicted octanol–water partition coefficient (Wildman–Crippen LogP) is 1.77. The fraction of sp³-hybridized carbons (Fsp3) is 0.455. The zero-order chi connectivity index (χ0) is 12.3. The highest BCUT2D eigenvalue weighted by atomic mass is 35.5. The Balaban J connectivity index is 2.44. The molecule has 0 spiro atoms. The van der Waals surface area contributed by atoms with Gasteiger partial charge in [0.15, 0.2) is 11.5 Å². The molecule has 0 saturated carbocycles. The van der Waals surface area contributed by atoms with Gasteiger partial charge in [-0.05, 0) is 0 Å². The van der Waals surface area contributed by atoms with Gasteiger partial charge in [-0.2, -0.15) is 5.48 Å². The fourth-order valence-corrected chi connectivity index (χ4v) is 1.94. The minimum atomic E-state index is 0.415. The molecule has 1 aromatic rings. The first-order chi connectivity index (χ1) is 8.27. The third kappa shape index (κ3) is 2.41. The van der Waals surface area contributed by atoms with Crippen LogP contribution >= 0.6 is 11.6 Å². The highest BCUT2D eigenvalue weighted by Gasteiger charge is 2.22. The van der Waals surface area contributed by atoms with E-state index in [-0.39, 0.29) is 0 Å². The van der Waals surface area contributed by atoms with E-state index in [0.29, 0.717) is 42.0 Å². The second-order valence-corrected chi connectivity index (χ2v) is 3.80. The van der Waals surface area contributed by atoms with Crippen molar-refractivity contribution in [3.05, 3.63) is 16.7 Å². The molecule has 0 aromatic heterocycles. The van der Waals surface area contributed by atoms with Crippen LogP contribution in [0.2, 0.25) is 5.02 Å². The van der Waals surface area contributed by atoms with E-state index < -0.39 is 0 Å². The molecule has 17 heavy (non-hydrogen) atoms. The number of fused-ring (bicyclic) bond motifs is 1. The lowest BCUT2D eigenvalue weighted by molar-refractivity contribution is 0.0848. The van der Waals surface area contributed by atoms with Gasteiger partial charge in [-0.15, -0.1) is 0 Å². The maximum atomic E-state index is 6.23. The Morgan fingerprint density at radius 3 is 2.82 bits per heavy atom. The summed E-state index contributed by atoms with van der Waals surface area (Å²) in [5, 5.41) is 0.501. The first-order valence-corrected chi connectivity index (χ1v) is 5.56. The van der Waals surface area contributed by atoms with Crippen molar-refractivity contribution in [2.45, 2.75) is 6.54 Å². The monoisotopic (exact) mass is 259 g/mol. The summed E-state index contributed by atoms with van der Waals surface area (Å²) in [6.45, 7) is 1.45. The molecule has 0 atom stereocenters. The Morgan fingerprint density at radius 1 is 1.35 bits per heavy atom. The summed E-state index contributed by atoms with van der Waals surface area (Å²) in [6.07, 6.45) is 0. The average Bonchev–Trinajstić information content (AvgIpc) is 2.37. The molecule has 1 aliphatic heterocycles. The topological polar surface area (TPSA) is 49.0 Å². The second kappa shape index (κ2) is 5.44. The van der Waals surface area contributed by atoms with Crippen molar-refractivity contribution in [3.63, 3.8) is 0 Å². The van der Waals surface area contributed by atoms with Gasteiger partial charge in [-0.3, -0.25) is 0 Å². The lowest BCUT2D eigenvalue weighted by Gasteiger charge is -2.23. The minimum absolute atomic E-state index is 0.415. The second-order valence-electron chi connectivity index (χ2n) is 3.42. The maximum absolute atomic E-state index is 6.23. The van der Waals surface area contributed by atoms with Crippen LogP contribution in [0.3, 0.4) is 0 Å². The first-order valence-electron chi connectivity index (χ1n) is 5.18. The number of halogens is 1. The highest BCUT2D eigenvalue weighted by Crippen LogP contribution is 2.43. The van der Waals surface area contributed by atoms with E-state index in [9.17, 15) is 0 Å². The Morgan fingerprint density at radius 2 is 2.12 bits per heavy atom. The molecule has 1 heterocycles. The molecule has 0 radical (unpaired) electrons. The van der Waals surface area contributed by atoms with Crippen molar-refractivity contribution >= 4 is 11.6 Å². The Hall–Kier alpha value is -1.17. The van der Waals surface area contributed by atoms with E-state index in [4.69, 9.17) is 30.6 Å². The number of benzene rings is 1. The van der Waals surface area contributed by atoms with Crippen LogP contribution < -0.4 is 19.7 Å². The molecule has 0 saturated heterocycles. The Bertz CT molecular complexity index is 411. The van der Waals surface area contributed by atoms with Gasteiger partial charge < -0.3 is 19.0 Å². The predicted molar refractivity (Wildman–Crippen MR) is 62.8 cm³/mol. The van der Waals surface area contributed by atoms with Gasteiger partial charge >= 0.3 is 0 Å². The maximum Gasteiger partial charge on any atom is 0.167 e. The van der Waals surface area contributed by atoms with Gasteiger partial charge in [-0.25, -0.2) is 0 Å². The van der Waals surface area contributed by atoms with Crippen molar-refractivity contribution in [3.8, 4) is 17.2 Å². The van der Waals surface area contributed by atoms with Crippen LogP contribution in [0.5, 0.6) is 17.2 Å². The molecule has 0 amide bonds. The van der Waals surface area contributed by atoms with Gasteiger partial charge in [0.25, 0.3) is 0 Å². The van der Waals surface area contributed by atoms with Gasteiger partial charge in [0.05, 0.1) is 25.8 Å². The van der Waals surface area contributed by atoms with Crippen molar-refractivity contribution in [2.24, 2.45) is 0 Å². The Kier molecular flexibility index (Phi) is 3.93.